The Hall–Kier alpha value is -1.22. The van der Waals surface area contributed by atoms with Crippen molar-refractivity contribution < 1.29 is 4.74 Å². The predicted molar refractivity (Wildman–Crippen MR) is 64.4 cm³/mol. The highest BCUT2D eigenvalue weighted by Gasteiger charge is 2.06. The van der Waals surface area contributed by atoms with E-state index < -0.39 is 0 Å². The maximum Gasteiger partial charge on any atom is 0.127 e. The molecule has 3 heteroatoms. The van der Waals surface area contributed by atoms with Crippen molar-refractivity contribution >= 4 is 5.69 Å². The van der Waals surface area contributed by atoms with Crippen LogP contribution in [0.4, 0.5) is 5.69 Å². The van der Waals surface area contributed by atoms with Gasteiger partial charge in [0.15, 0.2) is 0 Å². The highest BCUT2D eigenvalue weighted by molar-refractivity contribution is 5.56. The Morgan fingerprint density at radius 3 is 2.53 bits per heavy atom. The second-order valence-electron chi connectivity index (χ2n) is 4.08. The third kappa shape index (κ3) is 3.13. The molecule has 0 atom stereocenters. The van der Waals surface area contributed by atoms with Gasteiger partial charge >= 0.3 is 0 Å². The summed E-state index contributed by atoms with van der Waals surface area (Å²) < 4.78 is 5.74. The van der Waals surface area contributed by atoms with Gasteiger partial charge in [-0.15, -0.1) is 0 Å². The zero-order chi connectivity index (χ0) is 11.4. The molecule has 1 aromatic carbocycles. The summed E-state index contributed by atoms with van der Waals surface area (Å²) in [5, 5.41) is 0. The minimum Gasteiger partial charge on any atom is -0.492 e. The van der Waals surface area contributed by atoms with Crippen LogP contribution in [0.1, 0.15) is 11.1 Å². The molecular formula is C12H20N2O. The van der Waals surface area contributed by atoms with E-state index in [-0.39, 0.29) is 0 Å². The molecule has 0 unspecified atom stereocenters. The van der Waals surface area contributed by atoms with Gasteiger partial charge in [0, 0.05) is 17.8 Å². The van der Waals surface area contributed by atoms with E-state index >= 15 is 0 Å². The minimum atomic E-state index is 0.693. The fraction of sp³-hybridized carbons (Fsp3) is 0.500. The summed E-state index contributed by atoms with van der Waals surface area (Å²) in [4.78, 5) is 2.09. The molecule has 0 aromatic heterocycles. The first-order valence-electron chi connectivity index (χ1n) is 5.15. The van der Waals surface area contributed by atoms with Gasteiger partial charge in [0.05, 0.1) is 0 Å². The van der Waals surface area contributed by atoms with Crippen LogP contribution in [0, 0.1) is 13.8 Å². The molecule has 1 aromatic rings. The lowest BCUT2D eigenvalue weighted by molar-refractivity contribution is 0.259. The molecule has 0 spiro atoms. The molecular weight excluding hydrogens is 188 g/mol. The summed E-state index contributed by atoms with van der Waals surface area (Å²) in [6.45, 7) is 5.64. The number of likely N-dealkylation sites (N-methyl/N-ethyl adjacent to an activating group) is 1. The molecule has 0 aliphatic rings. The van der Waals surface area contributed by atoms with Gasteiger partial charge in [-0.1, -0.05) is 6.07 Å². The van der Waals surface area contributed by atoms with Crippen LogP contribution in [0.5, 0.6) is 5.75 Å². The monoisotopic (exact) mass is 208 g/mol. The standard InChI is InChI=1S/C12H20N2O/c1-9-5-6-11(13)10(2)12(9)15-8-7-14(3)4/h5-6H,7-8,13H2,1-4H3. The Bertz CT molecular complexity index is 335. The summed E-state index contributed by atoms with van der Waals surface area (Å²) in [5.74, 6) is 0.928. The number of nitrogen functional groups attached to an aromatic ring is 1. The average molecular weight is 208 g/mol. The number of ether oxygens (including phenoxy) is 1. The number of anilines is 1. The van der Waals surface area contributed by atoms with Crippen molar-refractivity contribution in [3.8, 4) is 5.75 Å². The molecule has 0 heterocycles. The van der Waals surface area contributed by atoms with Gasteiger partial charge in [-0.25, -0.2) is 0 Å². The van der Waals surface area contributed by atoms with Crippen LogP contribution in [-0.2, 0) is 0 Å². The SMILES string of the molecule is Cc1ccc(N)c(C)c1OCCN(C)C. The number of hydrogen-bond acceptors (Lipinski definition) is 3. The highest BCUT2D eigenvalue weighted by atomic mass is 16.5. The van der Waals surface area contributed by atoms with Crippen molar-refractivity contribution in [1.29, 1.82) is 0 Å². The van der Waals surface area contributed by atoms with E-state index in [2.05, 4.69) is 4.90 Å². The molecule has 1 rings (SSSR count). The van der Waals surface area contributed by atoms with Crippen LogP contribution in [0.2, 0.25) is 0 Å². The molecule has 0 fully saturated rings. The van der Waals surface area contributed by atoms with Gasteiger partial charge in [0.25, 0.3) is 0 Å². The maximum atomic E-state index is 5.83. The summed E-state index contributed by atoms with van der Waals surface area (Å²) in [6.07, 6.45) is 0. The summed E-state index contributed by atoms with van der Waals surface area (Å²) >= 11 is 0. The molecule has 0 saturated heterocycles. The predicted octanol–water partition coefficient (Wildman–Crippen LogP) is 1.83. The number of hydrogen-bond donors (Lipinski definition) is 1. The van der Waals surface area contributed by atoms with Crippen LogP contribution in [0.3, 0.4) is 0 Å². The molecule has 15 heavy (non-hydrogen) atoms. The largest absolute Gasteiger partial charge is 0.492 e. The van der Waals surface area contributed by atoms with Crippen molar-refractivity contribution in [3.63, 3.8) is 0 Å². The Balaban J connectivity index is 2.71. The molecule has 3 nitrogen and oxygen atoms in total. The van der Waals surface area contributed by atoms with Gasteiger partial charge in [0.2, 0.25) is 0 Å². The minimum absolute atomic E-state index is 0.693. The molecule has 0 aliphatic heterocycles. The fourth-order valence-electron chi connectivity index (χ4n) is 1.39. The zero-order valence-corrected chi connectivity index (χ0v) is 10.0. The van der Waals surface area contributed by atoms with E-state index in [4.69, 9.17) is 10.5 Å². The highest BCUT2D eigenvalue weighted by Crippen LogP contribution is 2.27. The van der Waals surface area contributed by atoms with Gasteiger partial charge < -0.3 is 15.4 Å². The van der Waals surface area contributed by atoms with Crippen molar-refractivity contribution in [1.82, 2.24) is 4.90 Å². The summed E-state index contributed by atoms with van der Waals surface area (Å²) in [7, 11) is 4.06. The van der Waals surface area contributed by atoms with Gasteiger partial charge in [-0.2, -0.15) is 0 Å². The van der Waals surface area contributed by atoms with Crippen molar-refractivity contribution in [2.24, 2.45) is 0 Å². The zero-order valence-electron chi connectivity index (χ0n) is 10.0. The molecule has 0 amide bonds. The molecule has 0 bridgehead atoms. The van der Waals surface area contributed by atoms with Gasteiger partial charge in [-0.05, 0) is 39.6 Å². The topological polar surface area (TPSA) is 38.5 Å². The van der Waals surface area contributed by atoms with E-state index in [9.17, 15) is 0 Å². The first-order chi connectivity index (χ1) is 7.02. The summed E-state index contributed by atoms with van der Waals surface area (Å²) in [6, 6.07) is 3.91. The van der Waals surface area contributed by atoms with Crippen LogP contribution >= 0.6 is 0 Å². The number of rotatable bonds is 4. The van der Waals surface area contributed by atoms with Crippen LogP contribution in [0.25, 0.3) is 0 Å². The molecule has 0 radical (unpaired) electrons. The first kappa shape index (κ1) is 11.9. The lowest BCUT2D eigenvalue weighted by Gasteiger charge is -2.15. The van der Waals surface area contributed by atoms with E-state index in [0.29, 0.717) is 6.61 Å². The van der Waals surface area contributed by atoms with E-state index in [1.54, 1.807) is 0 Å². The van der Waals surface area contributed by atoms with Crippen molar-refractivity contribution in [2.75, 3.05) is 33.0 Å². The lowest BCUT2D eigenvalue weighted by Crippen LogP contribution is -2.20. The first-order valence-corrected chi connectivity index (χ1v) is 5.15. The number of benzene rings is 1. The smallest absolute Gasteiger partial charge is 0.127 e. The van der Waals surface area contributed by atoms with E-state index in [0.717, 1.165) is 29.1 Å². The average Bonchev–Trinajstić information content (AvgIpc) is 2.17. The molecule has 0 aliphatic carbocycles. The van der Waals surface area contributed by atoms with Crippen LogP contribution < -0.4 is 10.5 Å². The van der Waals surface area contributed by atoms with E-state index in [1.165, 1.54) is 0 Å². The molecule has 2 N–H and O–H groups in total. The number of nitrogens with two attached hydrogens (primary N) is 1. The molecule has 84 valence electrons. The Kier molecular flexibility index (Phi) is 3.97. The van der Waals surface area contributed by atoms with Gasteiger partial charge in [0.1, 0.15) is 12.4 Å². The fourth-order valence-corrected chi connectivity index (χ4v) is 1.39. The van der Waals surface area contributed by atoms with Crippen LogP contribution in [-0.4, -0.2) is 32.1 Å². The Labute approximate surface area is 91.8 Å². The lowest BCUT2D eigenvalue weighted by atomic mass is 10.1. The number of nitrogens with zero attached hydrogens (tertiary/aromatic N) is 1. The Morgan fingerprint density at radius 2 is 1.93 bits per heavy atom. The third-order valence-electron chi connectivity index (χ3n) is 2.43. The number of aryl methyl sites for hydroxylation is 1. The van der Waals surface area contributed by atoms with Crippen molar-refractivity contribution in [2.45, 2.75) is 13.8 Å². The Morgan fingerprint density at radius 1 is 1.27 bits per heavy atom. The van der Waals surface area contributed by atoms with Gasteiger partial charge in [-0.3, -0.25) is 0 Å². The summed E-state index contributed by atoms with van der Waals surface area (Å²) in [5.41, 5.74) is 8.80. The van der Waals surface area contributed by atoms with E-state index in [1.807, 2.05) is 40.1 Å². The van der Waals surface area contributed by atoms with Crippen molar-refractivity contribution in [3.05, 3.63) is 23.3 Å². The second-order valence-corrected chi connectivity index (χ2v) is 4.08. The van der Waals surface area contributed by atoms with Crippen LogP contribution in [0.15, 0.2) is 12.1 Å². The normalized spacial score (nSPS) is 10.7. The third-order valence-corrected chi connectivity index (χ3v) is 2.43. The quantitative estimate of drug-likeness (QED) is 0.767. The molecule has 0 saturated carbocycles. The second kappa shape index (κ2) is 5.03. The maximum absolute atomic E-state index is 5.83.